The van der Waals surface area contributed by atoms with E-state index in [4.69, 9.17) is 4.74 Å². The molecule has 0 unspecified atom stereocenters. The molecule has 2 aliphatic rings. The van der Waals surface area contributed by atoms with Gasteiger partial charge in [-0.1, -0.05) is 6.42 Å². The summed E-state index contributed by atoms with van der Waals surface area (Å²) in [5.74, 6) is -0.531. The molecular weight excluding hydrogens is 176 g/mol. The van der Waals surface area contributed by atoms with Gasteiger partial charge in [-0.05, 0) is 19.3 Å². The molecule has 0 N–H and O–H groups in total. The van der Waals surface area contributed by atoms with Crippen molar-refractivity contribution in [3.63, 3.8) is 0 Å². The lowest BCUT2D eigenvalue weighted by Gasteiger charge is -2.28. The fraction of sp³-hybridized carbons (Fsp3) is 0.750. The van der Waals surface area contributed by atoms with Gasteiger partial charge in [-0.3, -0.25) is 0 Å². The van der Waals surface area contributed by atoms with Crippen molar-refractivity contribution in [1.29, 1.82) is 0 Å². The Morgan fingerprint density at radius 1 is 1.42 bits per heavy atom. The molecule has 0 radical (unpaired) electrons. The third kappa shape index (κ3) is 1.28. The molecule has 1 heterocycles. The minimum absolute atomic E-state index is 0.0245. The van der Waals surface area contributed by atoms with Gasteiger partial charge in [-0.2, -0.15) is 0 Å². The number of rotatable bonds is 0. The summed E-state index contributed by atoms with van der Waals surface area (Å²) in [5, 5.41) is 2.31. The highest BCUT2D eigenvalue weighted by atomic mass is 32.2. The lowest BCUT2D eigenvalue weighted by molar-refractivity contribution is -0.143. The van der Waals surface area contributed by atoms with Crippen LogP contribution in [0.1, 0.15) is 25.7 Å². The Bertz CT molecular complexity index is 338. The van der Waals surface area contributed by atoms with Crippen molar-refractivity contribution in [2.24, 2.45) is 0 Å². The number of carbonyl (C=O) groups is 1. The first-order valence-electron chi connectivity index (χ1n) is 4.15. The predicted molar refractivity (Wildman–Crippen MR) is 44.2 cm³/mol. The van der Waals surface area contributed by atoms with Crippen molar-refractivity contribution in [3.8, 4) is 5.18 Å². The molecule has 2 rings (SSSR count). The molecule has 1 aliphatic carbocycles. The second-order valence-electron chi connectivity index (χ2n) is 3.17. The van der Waals surface area contributed by atoms with E-state index >= 15 is 0 Å². The van der Waals surface area contributed by atoms with E-state index in [1.54, 1.807) is 0 Å². The number of carbonyl (C=O) groups excluding carboxylic acids is 1. The summed E-state index contributed by atoms with van der Waals surface area (Å²) in [6.07, 6.45) is 3.83. The molecule has 0 aromatic heterocycles. The second-order valence-corrected chi connectivity index (χ2v) is 4.57. The molecule has 4 heteroatoms. The van der Waals surface area contributed by atoms with Crippen LogP contribution < -0.4 is 0 Å². The molecule has 66 valence electrons. The van der Waals surface area contributed by atoms with Gasteiger partial charge in [0.1, 0.15) is 6.10 Å². The van der Waals surface area contributed by atoms with E-state index in [1.165, 1.54) is 0 Å². The van der Waals surface area contributed by atoms with E-state index < -0.39 is 16.2 Å². The smallest absolute Gasteiger partial charge is 0.389 e. The quantitative estimate of drug-likeness (QED) is 0.519. The van der Waals surface area contributed by atoms with E-state index in [2.05, 4.69) is 5.18 Å². The summed E-state index contributed by atoms with van der Waals surface area (Å²) in [5.41, 5.74) is 0. The Labute approximate surface area is 72.8 Å². The van der Waals surface area contributed by atoms with E-state index in [0.717, 1.165) is 25.7 Å². The van der Waals surface area contributed by atoms with Crippen molar-refractivity contribution in [2.45, 2.75) is 37.0 Å². The van der Waals surface area contributed by atoms with Gasteiger partial charge in [0.05, 0.1) is 10.4 Å². The maximum absolute atomic E-state index is 11.3. The maximum atomic E-state index is 11.3. The fourth-order valence-electron chi connectivity index (χ4n) is 1.76. The zero-order valence-corrected chi connectivity index (χ0v) is 7.43. The van der Waals surface area contributed by atoms with Crippen LogP contribution in [0.5, 0.6) is 0 Å². The third-order valence-electron chi connectivity index (χ3n) is 2.36. The Morgan fingerprint density at radius 3 is 3.00 bits per heavy atom. The van der Waals surface area contributed by atoms with Crippen LogP contribution in [0.2, 0.25) is 0 Å². The number of ether oxygens (including phenoxy) is 1. The predicted octanol–water partition coefficient (Wildman–Crippen LogP) is 0.562. The molecule has 0 aromatic carbocycles. The Hall–Kier alpha value is -0.730. The first-order valence-corrected chi connectivity index (χ1v) is 5.36. The topological polar surface area (TPSA) is 43.4 Å². The van der Waals surface area contributed by atoms with Gasteiger partial charge in [0.15, 0.2) is 0 Å². The highest BCUT2D eigenvalue weighted by molar-refractivity contribution is 7.75. The normalized spacial score (nSPS) is 34.3. The summed E-state index contributed by atoms with van der Waals surface area (Å²) in [4.78, 5) is 10.8. The van der Waals surface area contributed by atoms with Crippen molar-refractivity contribution in [3.05, 3.63) is 0 Å². The number of fused-ring (bicyclic) bond motifs is 1. The van der Waals surface area contributed by atoms with Crippen LogP contribution in [0, 0.1) is 5.18 Å². The van der Waals surface area contributed by atoms with Gasteiger partial charge in [-0.15, -0.1) is 0 Å². The van der Waals surface area contributed by atoms with Crippen LogP contribution in [0.3, 0.4) is 0 Å². The van der Waals surface area contributed by atoms with E-state index in [-0.39, 0.29) is 11.4 Å². The second kappa shape index (κ2) is 2.96. The number of esters is 1. The molecule has 1 fully saturated rings. The highest BCUT2D eigenvalue weighted by Gasteiger charge is 2.32. The van der Waals surface area contributed by atoms with Crippen molar-refractivity contribution < 1.29 is 13.7 Å². The van der Waals surface area contributed by atoms with Crippen LogP contribution in [0.4, 0.5) is 0 Å². The Kier molecular flexibility index (Phi) is 1.95. The van der Waals surface area contributed by atoms with Crippen LogP contribution in [0.25, 0.3) is 0 Å². The van der Waals surface area contributed by atoms with Gasteiger partial charge in [0.25, 0.3) is 0 Å². The van der Waals surface area contributed by atoms with E-state index in [1.807, 2.05) is 0 Å². The van der Waals surface area contributed by atoms with Crippen LogP contribution in [0.15, 0.2) is 0 Å². The minimum Gasteiger partial charge on any atom is -0.451 e. The van der Waals surface area contributed by atoms with Gasteiger partial charge >= 0.3 is 5.97 Å². The highest BCUT2D eigenvalue weighted by Crippen LogP contribution is 2.25. The van der Waals surface area contributed by atoms with Crippen LogP contribution >= 0.6 is 0 Å². The molecule has 0 saturated heterocycles. The van der Waals surface area contributed by atoms with Gasteiger partial charge < -0.3 is 4.74 Å². The summed E-state index contributed by atoms with van der Waals surface area (Å²) in [7, 11) is -1.21. The van der Waals surface area contributed by atoms with Gasteiger partial charge in [0, 0.05) is 10.2 Å². The molecule has 12 heavy (non-hydrogen) atoms. The van der Waals surface area contributed by atoms with E-state index in [0.29, 0.717) is 0 Å². The zero-order chi connectivity index (χ0) is 8.55. The molecule has 1 aliphatic heterocycles. The standard InChI is InChI=1S/C8H10O3S/c9-8-5-12(10)7-4-2-1-3-6(7)11-8/h6-7H,1-4H2/t6-,7-/m0/s1. The summed E-state index contributed by atoms with van der Waals surface area (Å²) in [6.45, 7) is 0. The summed E-state index contributed by atoms with van der Waals surface area (Å²) < 4.78 is 16.4. The maximum Gasteiger partial charge on any atom is 0.389 e. The van der Waals surface area contributed by atoms with Crippen molar-refractivity contribution >= 4 is 16.2 Å². The van der Waals surface area contributed by atoms with Crippen LogP contribution in [-0.4, -0.2) is 21.5 Å². The molecule has 1 saturated carbocycles. The summed E-state index contributed by atoms with van der Waals surface area (Å²) >= 11 is 0. The average Bonchev–Trinajstić information content (AvgIpc) is 2.04. The first kappa shape index (κ1) is 7.90. The zero-order valence-electron chi connectivity index (χ0n) is 6.62. The number of hydrogen-bond acceptors (Lipinski definition) is 3. The first-order chi connectivity index (χ1) is 5.77. The van der Waals surface area contributed by atoms with Crippen LogP contribution in [-0.2, 0) is 19.7 Å². The lowest BCUT2D eigenvalue weighted by atomic mass is 9.97. The Morgan fingerprint density at radius 2 is 2.17 bits per heavy atom. The summed E-state index contributed by atoms with van der Waals surface area (Å²) in [6, 6.07) is 0. The molecule has 2 atom stereocenters. The molecule has 0 aromatic rings. The molecule has 0 amide bonds. The largest absolute Gasteiger partial charge is 0.451 e. The fourth-order valence-corrected chi connectivity index (χ4v) is 2.97. The van der Waals surface area contributed by atoms with Crippen molar-refractivity contribution in [2.75, 3.05) is 0 Å². The molecule has 0 spiro atoms. The third-order valence-corrected chi connectivity index (χ3v) is 3.82. The van der Waals surface area contributed by atoms with Gasteiger partial charge in [-0.25, -0.2) is 9.00 Å². The van der Waals surface area contributed by atoms with E-state index in [9.17, 15) is 9.00 Å². The monoisotopic (exact) mass is 186 g/mol. The molecular formula is C8H10O3S. The Balaban J connectivity index is 2.30. The average molecular weight is 186 g/mol. The molecule has 0 bridgehead atoms. The van der Waals surface area contributed by atoms with Crippen molar-refractivity contribution in [1.82, 2.24) is 0 Å². The lowest BCUT2D eigenvalue weighted by Crippen LogP contribution is -2.37. The SMILES string of the molecule is O=C1C#S(=O)[C@H]2CCCC[C@@H]2O1. The van der Waals surface area contributed by atoms with Gasteiger partial charge in [0.2, 0.25) is 0 Å². The molecule has 3 nitrogen and oxygen atoms in total. The number of hydrogen-bond donors (Lipinski definition) is 0. The minimum atomic E-state index is -1.21.